The number of nitrogens with zero attached hydrogens (tertiary/aromatic N) is 2. The van der Waals surface area contributed by atoms with E-state index in [1.807, 2.05) is 14.1 Å². The van der Waals surface area contributed by atoms with E-state index in [0.29, 0.717) is 4.32 Å². The summed E-state index contributed by atoms with van der Waals surface area (Å²) >= 11 is 8.59. The molecule has 0 amide bonds. The number of thiocarbonyl (C=S) groups is 1. The molecule has 0 atom stereocenters. The molecule has 0 saturated carbocycles. The van der Waals surface area contributed by atoms with Crippen molar-refractivity contribution in [2.75, 3.05) is 14.1 Å². The third kappa shape index (κ3) is 4.02. The van der Waals surface area contributed by atoms with Gasteiger partial charge in [-0.1, -0.05) is 12.2 Å². The molecule has 3 rings (SSSR count). The first-order valence-corrected chi connectivity index (χ1v) is 8.83. The van der Waals surface area contributed by atoms with Gasteiger partial charge < -0.3 is 4.90 Å². The van der Waals surface area contributed by atoms with Gasteiger partial charge in [0.15, 0.2) is 0 Å². The molecule has 1 aliphatic heterocycles. The van der Waals surface area contributed by atoms with Crippen molar-refractivity contribution in [3.8, 4) is 0 Å². The molecule has 20 heavy (non-hydrogen) atoms. The van der Waals surface area contributed by atoms with Crippen LogP contribution >= 0.6 is 24.8 Å². The van der Waals surface area contributed by atoms with Gasteiger partial charge in [-0.2, -0.15) is 0 Å². The van der Waals surface area contributed by atoms with Crippen LogP contribution in [-0.2, 0) is 0 Å². The zero-order valence-electron chi connectivity index (χ0n) is 11.3. The van der Waals surface area contributed by atoms with Gasteiger partial charge in [-0.15, -0.1) is 12.6 Å². The number of fused-ring (bicyclic) bond motifs is 2. The van der Waals surface area contributed by atoms with Gasteiger partial charge in [0, 0.05) is 14.1 Å². The van der Waals surface area contributed by atoms with Gasteiger partial charge in [0.1, 0.15) is 4.32 Å². The molecule has 2 aromatic carbocycles. The Bertz CT molecular complexity index is 688. The van der Waals surface area contributed by atoms with Crippen LogP contribution in [0.4, 0.5) is 5.69 Å². The van der Waals surface area contributed by atoms with E-state index in [1.165, 1.54) is 8.30 Å². The first-order chi connectivity index (χ1) is 9.58. The van der Waals surface area contributed by atoms with Crippen molar-refractivity contribution in [3.05, 3.63) is 57.8 Å². The minimum atomic E-state index is 0.133. The van der Waals surface area contributed by atoms with Crippen LogP contribution in [0.5, 0.6) is 0 Å². The summed E-state index contributed by atoms with van der Waals surface area (Å²) in [5.74, 6) is 0. The Labute approximate surface area is 136 Å². The Morgan fingerprint density at radius 1 is 1.10 bits per heavy atom. The standard InChI is InChI=1S/C12H8AsN.C3H7NS2/c1-3-7-11-9(5-1)13-10-6-2-4-8-12(10)14-11;1-4(2)3(5)6/h1-8H;1-2H3,(H,5,6). The molecule has 5 heteroatoms. The molecule has 102 valence electrons. The topological polar surface area (TPSA) is 15.6 Å². The predicted octanol–water partition coefficient (Wildman–Crippen LogP) is 1.99. The zero-order chi connectivity index (χ0) is 14.5. The van der Waals surface area contributed by atoms with E-state index in [4.69, 9.17) is 0 Å². The van der Waals surface area contributed by atoms with Crippen molar-refractivity contribution in [1.82, 2.24) is 4.90 Å². The Morgan fingerprint density at radius 3 is 2.40 bits per heavy atom. The van der Waals surface area contributed by atoms with Crippen molar-refractivity contribution < 1.29 is 0 Å². The SMILES string of the molecule is CN(C)C(=S)S.c1ccc2c(c1)N=c1ccccc1=[As]2. The number of rotatable bonds is 0. The molecule has 1 aliphatic rings. The number of benzene rings is 2. The Hall–Kier alpha value is -0.962. The molecule has 0 aromatic heterocycles. The molecular formula is C15H15AsN2S2. The molecule has 2 aromatic rings. The van der Waals surface area contributed by atoms with E-state index in [1.54, 1.807) is 4.90 Å². The van der Waals surface area contributed by atoms with E-state index in [-0.39, 0.29) is 15.3 Å². The average molecular weight is 362 g/mol. The predicted molar refractivity (Wildman–Crippen MR) is 93.2 cm³/mol. The van der Waals surface area contributed by atoms with Gasteiger partial charge in [-0.05, 0) is 0 Å². The maximum atomic E-state index is 4.63. The van der Waals surface area contributed by atoms with Crippen LogP contribution in [0.15, 0.2) is 53.5 Å². The van der Waals surface area contributed by atoms with Crippen LogP contribution in [-0.4, -0.2) is 38.6 Å². The normalized spacial score (nSPS) is 11.6. The second-order valence-electron chi connectivity index (χ2n) is 4.38. The van der Waals surface area contributed by atoms with E-state index >= 15 is 0 Å². The summed E-state index contributed by atoms with van der Waals surface area (Å²) < 4.78 is 3.46. The third-order valence-electron chi connectivity index (χ3n) is 2.63. The molecular weight excluding hydrogens is 347 g/mol. The fourth-order valence-electron chi connectivity index (χ4n) is 1.57. The molecule has 0 radical (unpaired) electrons. The van der Waals surface area contributed by atoms with Crippen LogP contribution in [0.25, 0.3) is 0 Å². The summed E-state index contributed by atoms with van der Waals surface area (Å²) in [6.45, 7) is 0. The van der Waals surface area contributed by atoms with Crippen molar-refractivity contribution in [1.29, 1.82) is 0 Å². The molecule has 0 unspecified atom stereocenters. The Morgan fingerprint density at radius 2 is 1.70 bits per heavy atom. The number of thiol groups is 1. The van der Waals surface area contributed by atoms with Gasteiger partial charge >= 0.3 is 88.2 Å². The maximum absolute atomic E-state index is 4.63. The van der Waals surface area contributed by atoms with Crippen LogP contribution in [0.2, 0.25) is 0 Å². The average Bonchev–Trinajstić information content (AvgIpc) is 2.45. The van der Waals surface area contributed by atoms with Gasteiger partial charge in [0.2, 0.25) is 0 Å². The summed E-state index contributed by atoms with van der Waals surface area (Å²) in [6, 6.07) is 16.9. The van der Waals surface area contributed by atoms with Gasteiger partial charge in [-0.25, -0.2) is 0 Å². The molecule has 0 spiro atoms. The fraction of sp³-hybridized carbons (Fsp3) is 0.133. The first kappa shape index (κ1) is 15.4. The summed E-state index contributed by atoms with van der Waals surface area (Å²) in [7, 11) is 3.71. The van der Waals surface area contributed by atoms with Gasteiger partial charge in [0.25, 0.3) is 0 Å². The van der Waals surface area contributed by atoms with E-state index in [9.17, 15) is 0 Å². The second-order valence-corrected chi connectivity index (χ2v) is 7.98. The van der Waals surface area contributed by atoms with Crippen LogP contribution < -0.4 is 9.71 Å². The van der Waals surface area contributed by atoms with Crippen LogP contribution in [0, 0.1) is 3.95 Å². The van der Waals surface area contributed by atoms with Gasteiger partial charge in [0.05, 0.1) is 0 Å². The molecule has 2 nitrogen and oxygen atoms in total. The Balaban J connectivity index is 0.000000212. The summed E-state index contributed by atoms with van der Waals surface area (Å²) in [4.78, 5) is 6.39. The molecule has 0 saturated heterocycles. The van der Waals surface area contributed by atoms with E-state index < -0.39 is 0 Å². The quantitative estimate of drug-likeness (QED) is 0.374. The van der Waals surface area contributed by atoms with Crippen LogP contribution in [0.3, 0.4) is 0 Å². The second kappa shape index (κ2) is 7.16. The van der Waals surface area contributed by atoms with Crippen molar-refractivity contribution in [2.45, 2.75) is 0 Å². The zero-order valence-corrected chi connectivity index (χ0v) is 14.9. The van der Waals surface area contributed by atoms with Crippen molar-refractivity contribution >= 4 is 54.5 Å². The summed E-state index contributed by atoms with van der Waals surface area (Å²) in [5.41, 5.74) is 1.16. The molecule has 0 N–H and O–H groups in total. The first-order valence-electron chi connectivity index (χ1n) is 6.09. The monoisotopic (exact) mass is 362 g/mol. The van der Waals surface area contributed by atoms with E-state index in [0.717, 1.165) is 11.0 Å². The van der Waals surface area contributed by atoms with Crippen molar-refractivity contribution in [2.24, 2.45) is 4.99 Å². The minimum absolute atomic E-state index is 0.133. The summed E-state index contributed by atoms with van der Waals surface area (Å²) in [5, 5.41) is 1.16. The van der Waals surface area contributed by atoms with Gasteiger partial charge in [-0.3, -0.25) is 0 Å². The number of para-hydroxylation sites is 2. The number of hydrogen-bond donors (Lipinski definition) is 1. The fourth-order valence-corrected chi connectivity index (χ4v) is 3.79. The Kier molecular flexibility index (Phi) is 5.53. The summed E-state index contributed by atoms with van der Waals surface area (Å²) in [6.07, 6.45) is 0. The van der Waals surface area contributed by atoms with Crippen LogP contribution in [0.1, 0.15) is 0 Å². The molecule has 0 fully saturated rings. The third-order valence-corrected chi connectivity index (χ3v) is 5.99. The molecule has 0 aliphatic carbocycles. The van der Waals surface area contributed by atoms with E-state index in [2.05, 4.69) is 78.4 Å². The van der Waals surface area contributed by atoms with Crippen molar-refractivity contribution in [3.63, 3.8) is 0 Å². The number of hydrogen-bond acceptors (Lipinski definition) is 2. The molecule has 0 bridgehead atoms. The molecule has 1 heterocycles.